The molecule has 0 amide bonds. The summed E-state index contributed by atoms with van der Waals surface area (Å²) in [6.07, 6.45) is 0. The van der Waals surface area contributed by atoms with E-state index in [1.54, 1.807) is 0 Å². The molecule has 0 aliphatic carbocycles. The average molecular weight is 184 g/mol. The van der Waals surface area contributed by atoms with Crippen LogP contribution in [0.1, 0.15) is 13.8 Å². The van der Waals surface area contributed by atoms with Gasteiger partial charge in [0.15, 0.2) is 0 Å². The Balaban J connectivity index is -0.0000000720. The predicted molar refractivity (Wildman–Crippen MR) is 24.0 cm³/mol. The Morgan fingerprint density at radius 1 is 1.33 bits per heavy atom. The maximum absolute atomic E-state index is 9.00. The minimum absolute atomic E-state index is 0. The van der Waals surface area contributed by atoms with Crippen LogP contribution in [0.5, 0.6) is 0 Å². The van der Waals surface area contributed by atoms with E-state index in [1.165, 1.54) is 0 Å². The molecule has 0 spiro atoms. The van der Waals surface area contributed by atoms with E-state index in [9.17, 15) is 0 Å². The topological polar surface area (TPSA) is 77.4 Å². The summed E-state index contributed by atoms with van der Waals surface area (Å²) >= 11 is 0. The monoisotopic (exact) mass is 183 g/mol. The predicted octanol–water partition coefficient (Wildman–Crippen LogP) is -1.16. The van der Waals surface area contributed by atoms with Gasteiger partial charge in [0.25, 0.3) is 5.97 Å². The van der Waals surface area contributed by atoms with Gasteiger partial charge in [0, 0.05) is 12.9 Å². The molecule has 48 valence electrons. The first kappa shape index (κ1) is 15.8. The minimum Gasteiger partial charge on any atom is -0.550 e. The summed E-state index contributed by atoms with van der Waals surface area (Å²) < 4.78 is 0. The van der Waals surface area contributed by atoms with Crippen molar-refractivity contribution in [2.75, 3.05) is 0 Å². The average Bonchev–Trinajstić information content (AvgIpc) is 1.25. The zero-order valence-corrected chi connectivity index (χ0v) is 8.35. The number of carbonyl (C=O) groups is 2. The molecule has 9 heavy (non-hydrogen) atoms. The van der Waals surface area contributed by atoms with E-state index in [2.05, 4.69) is 0 Å². The molecule has 0 saturated heterocycles. The summed E-state index contributed by atoms with van der Waals surface area (Å²) in [5.74, 6) is -1.92. The van der Waals surface area contributed by atoms with Crippen molar-refractivity contribution in [2.24, 2.45) is 0 Å². The Morgan fingerprint density at radius 3 is 1.33 bits per heavy atom. The van der Waals surface area contributed by atoms with Gasteiger partial charge in [-0.05, 0) is 6.92 Å². The maximum atomic E-state index is 9.00. The molecule has 4 nitrogen and oxygen atoms in total. The van der Waals surface area contributed by atoms with Gasteiger partial charge in [0.05, 0.1) is 0 Å². The molecule has 0 aromatic rings. The van der Waals surface area contributed by atoms with Gasteiger partial charge in [-0.1, -0.05) is 0 Å². The molecule has 0 aromatic carbocycles. The van der Waals surface area contributed by atoms with Crippen molar-refractivity contribution in [3.05, 3.63) is 0 Å². The van der Waals surface area contributed by atoms with E-state index >= 15 is 0 Å². The van der Waals surface area contributed by atoms with Gasteiger partial charge in [0.1, 0.15) is 0 Å². The molecule has 5 heteroatoms. The van der Waals surface area contributed by atoms with E-state index in [0.717, 1.165) is 13.8 Å². The minimum atomic E-state index is -1.08. The fraction of sp³-hybridized carbons (Fsp3) is 0.500. The summed E-state index contributed by atoms with van der Waals surface area (Å²) in [4.78, 5) is 17.9. The SMILES string of the molecule is CC(=O)O.CC(=O)[O-].[Zn+2]. The number of hydrogen-bond acceptors (Lipinski definition) is 3. The van der Waals surface area contributed by atoms with Crippen LogP contribution in [0.4, 0.5) is 0 Å². The normalized spacial score (nSPS) is 5.56. The zero-order valence-electron chi connectivity index (χ0n) is 5.38. The second kappa shape index (κ2) is 10.5. The van der Waals surface area contributed by atoms with Crippen molar-refractivity contribution in [3.8, 4) is 0 Å². The van der Waals surface area contributed by atoms with Crippen LogP contribution in [-0.2, 0) is 29.1 Å². The Labute approximate surface area is 65.6 Å². The molecule has 0 fully saturated rings. The summed E-state index contributed by atoms with van der Waals surface area (Å²) in [6.45, 7) is 2.06. The van der Waals surface area contributed by atoms with Crippen LogP contribution >= 0.6 is 0 Å². The maximum Gasteiger partial charge on any atom is 2.00 e. The van der Waals surface area contributed by atoms with Gasteiger partial charge in [-0.25, -0.2) is 0 Å². The Kier molecular flexibility index (Phi) is 18.5. The first-order valence-corrected chi connectivity index (χ1v) is 1.84. The van der Waals surface area contributed by atoms with E-state index in [1.807, 2.05) is 0 Å². The quantitative estimate of drug-likeness (QED) is 0.482. The third-order valence-electron chi connectivity index (χ3n) is 0. The number of hydrogen-bond donors (Lipinski definition) is 1. The van der Waals surface area contributed by atoms with Crippen molar-refractivity contribution < 1.29 is 39.3 Å². The van der Waals surface area contributed by atoms with Crippen molar-refractivity contribution in [1.29, 1.82) is 0 Å². The molecule has 0 radical (unpaired) electrons. The van der Waals surface area contributed by atoms with Gasteiger partial charge < -0.3 is 15.0 Å². The molecular formula is C4H7O4Zn+. The van der Waals surface area contributed by atoms with E-state index < -0.39 is 11.9 Å². The fourth-order valence-electron chi connectivity index (χ4n) is 0. The summed E-state index contributed by atoms with van der Waals surface area (Å²) in [7, 11) is 0. The molecule has 0 unspecified atom stereocenters. The smallest absolute Gasteiger partial charge is 0.550 e. The summed E-state index contributed by atoms with van der Waals surface area (Å²) in [5.41, 5.74) is 0. The fourth-order valence-corrected chi connectivity index (χ4v) is 0. The van der Waals surface area contributed by atoms with Crippen molar-refractivity contribution in [1.82, 2.24) is 0 Å². The van der Waals surface area contributed by atoms with Crippen molar-refractivity contribution in [2.45, 2.75) is 13.8 Å². The van der Waals surface area contributed by atoms with E-state index in [0.29, 0.717) is 0 Å². The second-order valence-electron chi connectivity index (χ2n) is 1.01. The molecule has 0 aliphatic rings. The molecule has 0 bridgehead atoms. The number of carboxylic acid groups (broad SMARTS) is 2. The number of rotatable bonds is 0. The molecule has 1 N–H and O–H groups in total. The molecular weight excluding hydrogens is 177 g/mol. The van der Waals surface area contributed by atoms with Crippen LogP contribution in [0, 0.1) is 0 Å². The van der Waals surface area contributed by atoms with Crippen LogP contribution in [-0.4, -0.2) is 17.0 Å². The number of carboxylic acids is 2. The number of carbonyl (C=O) groups excluding carboxylic acids is 1. The molecule has 0 saturated carbocycles. The third kappa shape index (κ3) is 1230. The van der Waals surface area contributed by atoms with Gasteiger partial charge >= 0.3 is 19.5 Å². The van der Waals surface area contributed by atoms with Crippen molar-refractivity contribution >= 4 is 11.9 Å². The zero-order chi connectivity index (χ0) is 7.15. The van der Waals surface area contributed by atoms with Gasteiger partial charge in [0.2, 0.25) is 0 Å². The molecule has 0 aromatic heterocycles. The Morgan fingerprint density at radius 2 is 1.33 bits per heavy atom. The van der Waals surface area contributed by atoms with Crippen molar-refractivity contribution in [3.63, 3.8) is 0 Å². The molecule has 0 aliphatic heterocycles. The van der Waals surface area contributed by atoms with E-state index in [-0.39, 0.29) is 19.5 Å². The molecule has 0 rings (SSSR count). The first-order valence-electron chi connectivity index (χ1n) is 1.84. The van der Waals surface area contributed by atoms with E-state index in [4.69, 9.17) is 19.8 Å². The standard InChI is InChI=1S/2C2H4O2.Zn/c2*1-2(3)4;/h2*1H3,(H,3,4);/q;;+2/p-1. The van der Waals surface area contributed by atoms with Gasteiger partial charge in [-0.3, -0.25) is 4.79 Å². The first-order chi connectivity index (χ1) is 3.46. The third-order valence-corrected chi connectivity index (χ3v) is 0. The van der Waals surface area contributed by atoms with Gasteiger partial charge in [-0.15, -0.1) is 0 Å². The Hall–Kier alpha value is -0.437. The van der Waals surface area contributed by atoms with Crippen LogP contribution in [0.25, 0.3) is 0 Å². The van der Waals surface area contributed by atoms with Gasteiger partial charge in [-0.2, -0.15) is 0 Å². The van der Waals surface area contributed by atoms with Crippen LogP contribution < -0.4 is 5.11 Å². The molecule has 0 atom stereocenters. The molecule has 0 heterocycles. The largest absolute Gasteiger partial charge is 2.00 e. The summed E-state index contributed by atoms with van der Waals surface area (Å²) in [5, 5.41) is 16.3. The van der Waals surface area contributed by atoms with Crippen LogP contribution in [0.2, 0.25) is 0 Å². The van der Waals surface area contributed by atoms with Crippen LogP contribution in [0.15, 0.2) is 0 Å². The summed E-state index contributed by atoms with van der Waals surface area (Å²) in [6, 6.07) is 0. The number of aliphatic carboxylic acids is 2. The Bertz CT molecular complexity index is 70.6. The second-order valence-corrected chi connectivity index (χ2v) is 1.01. The van der Waals surface area contributed by atoms with Crippen LogP contribution in [0.3, 0.4) is 0 Å².